The van der Waals surface area contributed by atoms with Crippen LogP contribution in [0.25, 0.3) is 0 Å². The van der Waals surface area contributed by atoms with Gasteiger partial charge in [-0.25, -0.2) is 0 Å². The second-order valence-electron chi connectivity index (χ2n) is 3.81. The number of amides is 1. The highest BCUT2D eigenvalue weighted by Crippen LogP contribution is 2.37. The van der Waals surface area contributed by atoms with E-state index < -0.39 is 17.1 Å². The normalized spacial score (nSPS) is 15.3. The number of nitrogens with two attached hydrogens (primary N) is 1. The lowest BCUT2D eigenvalue weighted by atomic mass is 10.2. The molecule has 5 heteroatoms. The average Bonchev–Trinajstić information content (AvgIpc) is 2.93. The van der Waals surface area contributed by atoms with Crippen molar-refractivity contribution in [3.8, 4) is 5.75 Å². The number of hydrogen-bond donors (Lipinski definition) is 2. The number of aromatic nitrogens is 1. The molecular weight excluding hydrogens is 196 g/mol. The third-order valence-electron chi connectivity index (χ3n) is 2.56. The predicted molar refractivity (Wildman–Crippen MR) is 53.9 cm³/mol. The second kappa shape index (κ2) is 3.12. The predicted octanol–water partition coefficient (Wildman–Crippen LogP) is 0.296. The van der Waals surface area contributed by atoms with Gasteiger partial charge < -0.3 is 15.4 Å². The maximum atomic E-state index is 11.3. The molecule has 1 heterocycles. The number of aryl methyl sites for hydroxylation is 1. The number of carbonyl (C=O) groups excluding carboxylic acids is 1. The van der Waals surface area contributed by atoms with Crippen molar-refractivity contribution >= 4 is 5.91 Å². The Hall–Kier alpha value is -1.78. The third kappa shape index (κ3) is 1.49. The van der Waals surface area contributed by atoms with Crippen LogP contribution >= 0.6 is 0 Å². The number of nitrogens with zero attached hydrogens (tertiary/aromatic N) is 1. The monoisotopic (exact) mass is 208 g/mol. The molecule has 2 rings (SSSR count). The minimum atomic E-state index is -0.764. The van der Waals surface area contributed by atoms with Gasteiger partial charge in [0.2, 0.25) is 5.43 Å². The Morgan fingerprint density at radius 3 is 2.67 bits per heavy atom. The highest BCUT2D eigenvalue weighted by atomic mass is 16.3. The Bertz CT molecular complexity index is 486. The maximum absolute atomic E-state index is 11.3. The van der Waals surface area contributed by atoms with Crippen molar-refractivity contribution in [2.24, 2.45) is 5.73 Å². The molecule has 0 saturated heterocycles. The van der Waals surface area contributed by atoms with Gasteiger partial charge in [0, 0.05) is 17.8 Å². The maximum Gasteiger partial charge on any atom is 0.269 e. The smallest absolute Gasteiger partial charge is 0.269 e. The number of hydrogen-bond acceptors (Lipinski definition) is 3. The lowest BCUT2D eigenvalue weighted by Gasteiger charge is -2.14. The van der Waals surface area contributed by atoms with E-state index in [-0.39, 0.29) is 11.7 Å². The quantitative estimate of drug-likeness (QED) is 0.732. The Balaban J connectivity index is 2.75. The van der Waals surface area contributed by atoms with Gasteiger partial charge in [-0.05, 0) is 19.8 Å². The number of rotatable bonds is 2. The molecule has 0 bridgehead atoms. The molecule has 15 heavy (non-hydrogen) atoms. The van der Waals surface area contributed by atoms with E-state index in [0.29, 0.717) is 5.69 Å². The van der Waals surface area contributed by atoms with Crippen LogP contribution < -0.4 is 11.2 Å². The first-order valence-corrected chi connectivity index (χ1v) is 4.77. The van der Waals surface area contributed by atoms with Gasteiger partial charge in [0.15, 0.2) is 11.4 Å². The van der Waals surface area contributed by atoms with E-state index in [1.807, 2.05) is 0 Å². The summed E-state index contributed by atoms with van der Waals surface area (Å²) < 4.78 is 1.65. The molecule has 3 N–H and O–H groups in total. The molecule has 1 aliphatic rings. The molecular formula is C10H12N2O3. The summed E-state index contributed by atoms with van der Waals surface area (Å²) in [5.74, 6) is -1.31. The van der Waals surface area contributed by atoms with Gasteiger partial charge in [0.05, 0.1) is 0 Å². The molecule has 1 amide bonds. The molecule has 0 unspecified atom stereocenters. The van der Waals surface area contributed by atoms with Gasteiger partial charge in [-0.3, -0.25) is 9.59 Å². The van der Waals surface area contributed by atoms with Crippen molar-refractivity contribution in [1.29, 1.82) is 0 Å². The Kier molecular flexibility index (Phi) is 2.03. The van der Waals surface area contributed by atoms with Gasteiger partial charge in [0.1, 0.15) is 0 Å². The molecule has 80 valence electrons. The lowest BCUT2D eigenvalue weighted by Crippen LogP contribution is -2.24. The van der Waals surface area contributed by atoms with Gasteiger partial charge in [-0.1, -0.05) is 0 Å². The van der Waals surface area contributed by atoms with Crippen LogP contribution in [0.4, 0.5) is 0 Å². The highest BCUT2D eigenvalue weighted by molar-refractivity contribution is 5.93. The SMILES string of the molecule is Cc1cc(=O)c(O)c(C(N)=O)n1C1CC1. The number of primary amides is 1. The van der Waals surface area contributed by atoms with Crippen molar-refractivity contribution < 1.29 is 9.90 Å². The second-order valence-corrected chi connectivity index (χ2v) is 3.81. The summed E-state index contributed by atoms with van der Waals surface area (Å²) in [6, 6.07) is 1.51. The average molecular weight is 208 g/mol. The topological polar surface area (TPSA) is 85.3 Å². The molecule has 1 aliphatic carbocycles. The minimum Gasteiger partial charge on any atom is -0.503 e. The molecule has 0 spiro atoms. The van der Waals surface area contributed by atoms with Crippen molar-refractivity contribution in [1.82, 2.24) is 4.57 Å². The van der Waals surface area contributed by atoms with E-state index in [1.165, 1.54) is 6.07 Å². The molecule has 1 aromatic rings. The van der Waals surface area contributed by atoms with Crippen LogP contribution in [0, 0.1) is 6.92 Å². The van der Waals surface area contributed by atoms with E-state index in [2.05, 4.69) is 0 Å². The number of aromatic hydroxyl groups is 1. The van der Waals surface area contributed by atoms with Crippen LogP contribution in [0.1, 0.15) is 35.1 Å². The van der Waals surface area contributed by atoms with Gasteiger partial charge in [-0.15, -0.1) is 0 Å². The lowest BCUT2D eigenvalue weighted by molar-refractivity contribution is 0.0986. The summed E-state index contributed by atoms with van der Waals surface area (Å²) in [5, 5.41) is 9.52. The van der Waals surface area contributed by atoms with Crippen LogP contribution in [-0.2, 0) is 0 Å². The fourth-order valence-electron chi connectivity index (χ4n) is 1.77. The van der Waals surface area contributed by atoms with Gasteiger partial charge in [0.25, 0.3) is 5.91 Å². The Morgan fingerprint density at radius 2 is 2.20 bits per heavy atom. The number of carbonyl (C=O) groups is 1. The standard InChI is InChI=1S/C10H12N2O3/c1-5-4-7(13)9(14)8(10(11)15)12(5)6-2-3-6/h4,6,14H,2-3H2,1H3,(H2,11,15). The molecule has 0 radical (unpaired) electrons. The largest absolute Gasteiger partial charge is 0.503 e. The van der Waals surface area contributed by atoms with Crippen LogP contribution in [0.5, 0.6) is 5.75 Å². The molecule has 0 aromatic carbocycles. The van der Waals surface area contributed by atoms with Crippen molar-refractivity contribution in [3.63, 3.8) is 0 Å². The zero-order chi connectivity index (χ0) is 11.2. The summed E-state index contributed by atoms with van der Waals surface area (Å²) in [6.07, 6.45) is 1.90. The molecule has 0 atom stereocenters. The summed E-state index contributed by atoms with van der Waals surface area (Å²) in [7, 11) is 0. The molecule has 1 saturated carbocycles. The zero-order valence-electron chi connectivity index (χ0n) is 8.36. The van der Waals surface area contributed by atoms with Crippen LogP contribution in [-0.4, -0.2) is 15.6 Å². The molecule has 0 aliphatic heterocycles. The summed E-state index contributed by atoms with van der Waals surface area (Å²) in [5.41, 5.74) is 5.20. The van der Waals surface area contributed by atoms with Gasteiger partial charge >= 0.3 is 0 Å². The Morgan fingerprint density at radius 1 is 1.60 bits per heavy atom. The third-order valence-corrected chi connectivity index (χ3v) is 2.56. The van der Waals surface area contributed by atoms with Crippen LogP contribution in [0.2, 0.25) is 0 Å². The van der Waals surface area contributed by atoms with Crippen molar-refractivity contribution in [2.75, 3.05) is 0 Å². The minimum absolute atomic E-state index is 0.0671. The first kappa shape index (κ1) is 9.76. The van der Waals surface area contributed by atoms with Crippen molar-refractivity contribution in [2.45, 2.75) is 25.8 Å². The first-order valence-electron chi connectivity index (χ1n) is 4.77. The molecule has 1 aromatic heterocycles. The van der Waals surface area contributed by atoms with E-state index in [1.54, 1.807) is 11.5 Å². The molecule has 5 nitrogen and oxygen atoms in total. The molecule has 1 fully saturated rings. The fourth-order valence-corrected chi connectivity index (χ4v) is 1.77. The summed E-state index contributed by atoms with van der Waals surface area (Å²) in [6.45, 7) is 1.73. The van der Waals surface area contributed by atoms with Gasteiger partial charge in [-0.2, -0.15) is 0 Å². The zero-order valence-corrected chi connectivity index (χ0v) is 8.36. The van der Waals surface area contributed by atoms with E-state index in [9.17, 15) is 14.7 Å². The Labute approximate surface area is 86.1 Å². The van der Waals surface area contributed by atoms with E-state index in [0.717, 1.165) is 12.8 Å². The first-order chi connectivity index (χ1) is 7.02. The van der Waals surface area contributed by atoms with E-state index in [4.69, 9.17) is 5.73 Å². The highest BCUT2D eigenvalue weighted by Gasteiger charge is 2.30. The summed E-state index contributed by atoms with van der Waals surface area (Å²) >= 11 is 0. The van der Waals surface area contributed by atoms with Crippen molar-refractivity contribution in [3.05, 3.63) is 27.7 Å². The van der Waals surface area contributed by atoms with Crippen LogP contribution in [0.15, 0.2) is 10.9 Å². The fraction of sp³-hybridized carbons (Fsp3) is 0.400. The summed E-state index contributed by atoms with van der Waals surface area (Å²) in [4.78, 5) is 22.5. The number of pyridine rings is 1. The van der Waals surface area contributed by atoms with Crippen LogP contribution in [0.3, 0.4) is 0 Å². The van der Waals surface area contributed by atoms with E-state index >= 15 is 0 Å².